The number of hydrogen-bond acceptors (Lipinski definition) is 2. The van der Waals surface area contributed by atoms with Gasteiger partial charge in [0.15, 0.2) is 0 Å². The quantitative estimate of drug-likeness (QED) is 0.759. The maximum absolute atomic E-state index is 11.6. The lowest BCUT2D eigenvalue weighted by Gasteiger charge is -2.09. The van der Waals surface area contributed by atoms with E-state index >= 15 is 0 Å². The van der Waals surface area contributed by atoms with Gasteiger partial charge in [-0.3, -0.25) is 10.9 Å². The van der Waals surface area contributed by atoms with Gasteiger partial charge in [-0.15, -0.1) is 0 Å². The normalized spacial score (nSPS) is 9.61. The van der Waals surface area contributed by atoms with Crippen molar-refractivity contribution in [3.63, 3.8) is 0 Å². The minimum Gasteiger partial charge on any atom is -0.307 e. The fraction of sp³-hybridized carbons (Fsp3) is 0. The smallest absolute Gasteiger partial charge is 0.307 e. The van der Waals surface area contributed by atoms with Crippen molar-refractivity contribution in [2.75, 3.05) is 10.7 Å². The van der Waals surface area contributed by atoms with Gasteiger partial charge in [-0.1, -0.05) is 34.1 Å². The Morgan fingerprint density at radius 3 is 2.22 bits per heavy atom. The molecule has 0 atom stereocenters. The van der Waals surface area contributed by atoms with Crippen molar-refractivity contribution in [2.45, 2.75) is 0 Å². The Hall–Kier alpha value is -2.01. The predicted octanol–water partition coefficient (Wildman–Crippen LogP) is 3.60. The number of carbonyl (C=O) groups excluding carboxylic acids is 1. The molecule has 92 valence electrons. The standard InChI is InChI=1S/C13H12BrN3O/c14-10-6-8-12(9-7-10)16-17-13(18)15-11-4-2-1-3-5-11/h1-9,16H,(H2,15,17,18). The molecule has 2 aromatic carbocycles. The first-order valence-electron chi connectivity index (χ1n) is 5.38. The summed E-state index contributed by atoms with van der Waals surface area (Å²) in [4.78, 5) is 11.6. The Morgan fingerprint density at radius 2 is 1.56 bits per heavy atom. The number of para-hydroxylation sites is 1. The molecular weight excluding hydrogens is 294 g/mol. The Balaban J connectivity index is 1.83. The number of hydrogen-bond donors (Lipinski definition) is 3. The van der Waals surface area contributed by atoms with Crippen LogP contribution in [-0.4, -0.2) is 6.03 Å². The Labute approximate surface area is 114 Å². The highest BCUT2D eigenvalue weighted by molar-refractivity contribution is 9.10. The fourth-order valence-electron chi connectivity index (χ4n) is 1.35. The van der Waals surface area contributed by atoms with Crippen LogP contribution in [0.4, 0.5) is 16.2 Å². The number of urea groups is 1. The molecule has 5 heteroatoms. The molecule has 0 spiro atoms. The van der Waals surface area contributed by atoms with E-state index in [-0.39, 0.29) is 6.03 Å². The summed E-state index contributed by atoms with van der Waals surface area (Å²) in [6.07, 6.45) is 0. The van der Waals surface area contributed by atoms with Crippen LogP contribution >= 0.6 is 15.9 Å². The molecule has 2 aromatic rings. The van der Waals surface area contributed by atoms with Crippen LogP contribution in [0.3, 0.4) is 0 Å². The molecule has 0 saturated heterocycles. The number of hydrazine groups is 1. The van der Waals surface area contributed by atoms with Gasteiger partial charge >= 0.3 is 6.03 Å². The van der Waals surface area contributed by atoms with Crippen molar-refractivity contribution in [3.05, 3.63) is 59.1 Å². The topological polar surface area (TPSA) is 53.2 Å². The van der Waals surface area contributed by atoms with Crippen LogP contribution in [0, 0.1) is 0 Å². The van der Waals surface area contributed by atoms with Gasteiger partial charge < -0.3 is 5.32 Å². The van der Waals surface area contributed by atoms with E-state index in [4.69, 9.17) is 0 Å². The third-order valence-electron chi connectivity index (χ3n) is 2.20. The molecule has 4 nitrogen and oxygen atoms in total. The summed E-state index contributed by atoms with van der Waals surface area (Å²) >= 11 is 3.34. The first-order valence-corrected chi connectivity index (χ1v) is 6.17. The summed E-state index contributed by atoms with van der Waals surface area (Å²) in [7, 11) is 0. The summed E-state index contributed by atoms with van der Waals surface area (Å²) < 4.78 is 0.988. The summed E-state index contributed by atoms with van der Waals surface area (Å²) in [6, 6.07) is 16.4. The van der Waals surface area contributed by atoms with Crippen molar-refractivity contribution in [1.29, 1.82) is 0 Å². The third-order valence-corrected chi connectivity index (χ3v) is 2.72. The molecule has 0 saturated carbocycles. The highest BCUT2D eigenvalue weighted by atomic mass is 79.9. The molecule has 2 amide bonds. The van der Waals surface area contributed by atoms with Gasteiger partial charge in [0.1, 0.15) is 0 Å². The average Bonchev–Trinajstić information content (AvgIpc) is 2.39. The fourth-order valence-corrected chi connectivity index (χ4v) is 1.61. The SMILES string of the molecule is O=C(NNc1ccc(Br)cc1)Nc1ccccc1. The summed E-state index contributed by atoms with van der Waals surface area (Å²) in [6.45, 7) is 0. The van der Waals surface area contributed by atoms with Gasteiger partial charge in [-0.2, -0.15) is 0 Å². The first-order chi connectivity index (χ1) is 8.74. The second kappa shape index (κ2) is 6.07. The maximum atomic E-state index is 11.6. The lowest BCUT2D eigenvalue weighted by Crippen LogP contribution is -2.33. The molecular formula is C13H12BrN3O. The van der Waals surface area contributed by atoms with Gasteiger partial charge in [0.2, 0.25) is 0 Å². The van der Waals surface area contributed by atoms with Crippen molar-refractivity contribution in [3.8, 4) is 0 Å². The second-order valence-electron chi connectivity index (χ2n) is 3.58. The van der Waals surface area contributed by atoms with E-state index in [1.807, 2.05) is 54.6 Å². The van der Waals surface area contributed by atoms with Crippen molar-refractivity contribution in [1.82, 2.24) is 5.43 Å². The lowest BCUT2D eigenvalue weighted by atomic mass is 10.3. The number of amides is 2. The second-order valence-corrected chi connectivity index (χ2v) is 4.49. The van der Waals surface area contributed by atoms with E-state index in [0.717, 1.165) is 15.8 Å². The zero-order valence-corrected chi connectivity index (χ0v) is 11.1. The molecule has 0 aromatic heterocycles. The summed E-state index contributed by atoms with van der Waals surface area (Å²) in [5, 5.41) is 2.70. The predicted molar refractivity (Wildman–Crippen MR) is 76.4 cm³/mol. The molecule has 0 aliphatic heterocycles. The van der Waals surface area contributed by atoms with Crippen LogP contribution in [0.25, 0.3) is 0 Å². The molecule has 18 heavy (non-hydrogen) atoms. The number of halogens is 1. The average molecular weight is 306 g/mol. The zero-order valence-electron chi connectivity index (χ0n) is 9.48. The van der Waals surface area contributed by atoms with E-state index in [2.05, 4.69) is 32.1 Å². The highest BCUT2D eigenvalue weighted by Gasteiger charge is 1.99. The minimum atomic E-state index is -0.316. The van der Waals surface area contributed by atoms with E-state index < -0.39 is 0 Å². The van der Waals surface area contributed by atoms with Gasteiger partial charge in [0, 0.05) is 10.2 Å². The van der Waals surface area contributed by atoms with Crippen molar-refractivity contribution < 1.29 is 4.79 Å². The Bertz CT molecular complexity index is 514. The number of carbonyl (C=O) groups is 1. The van der Waals surface area contributed by atoms with Crippen LogP contribution in [0.2, 0.25) is 0 Å². The maximum Gasteiger partial charge on any atom is 0.337 e. The van der Waals surface area contributed by atoms with E-state index in [9.17, 15) is 4.79 Å². The van der Waals surface area contributed by atoms with Gasteiger partial charge in [0.25, 0.3) is 0 Å². The van der Waals surface area contributed by atoms with Gasteiger partial charge in [-0.05, 0) is 36.4 Å². The van der Waals surface area contributed by atoms with Crippen molar-refractivity contribution >= 4 is 33.3 Å². The largest absolute Gasteiger partial charge is 0.337 e. The number of rotatable bonds is 3. The molecule has 3 N–H and O–H groups in total. The van der Waals surface area contributed by atoms with E-state index in [1.54, 1.807) is 0 Å². The van der Waals surface area contributed by atoms with Crippen molar-refractivity contribution in [2.24, 2.45) is 0 Å². The molecule has 0 unspecified atom stereocenters. The Kier molecular flexibility index (Phi) is 4.20. The van der Waals surface area contributed by atoms with Crippen LogP contribution in [0.15, 0.2) is 59.1 Å². The minimum absolute atomic E-state index is 0.316. The molecule has 0 aliphatic rings. The van der Waals surface area contributed by atoms with E-state index in [1.165, 1.54) is 0 Å². The van der Waals surface area contributed by atoms with Crippen LogP contribution in [0.1, 0.15) is 0 Å². The molecule has 0 bridgehead atoms. The Morgan fingerprint density at radius 1 is 0.889 bits per heavy atom. The molecule has 0 heterocycles. The number of benzene rings is 2. The van der Waals surface area contributed by atoms with Crippen LogP contribution < -0.4 is 16.2 Å². The molecule has 0 aliphatic carbocycles. The first kappa shape index (κ1) is 12.4. The highest BCUT2D eigenvalue weighted by Crippen LogP contribution is 2.13. The summed E-state index contributed by atoms with van der Waals surface area (Å²) in [5.74, 6) is 0. The van der Waals surface area contributed by atoms with Gasteiger partial charge in [-0.25, -0.2) is 4.79 Å². The lowest BCUT2D eigenvalue weighted by molar-refractivity contribution is 0.254. The van der Waals surface area contributed by atoms with E-state index in [0.29, 0.717) is 0 Å². The molecule has 0 radical (unpaired) electrons. The summed E-state index contributed by atoms with van der Waals surface area (Å²) in [5.41, 5.74) is 6.91. The monoisotopic (exact) mass is 305 g/mol. The van der Waals surface area contributed by atoms with Crippen LogP contribution in [-0.2, 0) is 0 Å². The molecule has 0 fully saturated rings. The number of anilines is 2. The third kappa shape index (κ3) is 3.78. The number of nitrogens with one attached hydrogen (secondary N) is 3. The zero-order chi connectivity index (χ0) is 12.8. The van der Waals surface area contributed by atoms with Gasteiger partial charge in [0.05, 0.1) is 5.69 Å². The van der Waals surface area contributed by atoms with Crippen LogP contribution in [0.5, 0.6) is 0 Å². The molecule has 2 rings (SSSR count).